The van der Waals surface area contributed by atoms with Crippen molar-refractivity contribution in [1.29, 1.82) is 0 Å². The number of carbonyl (C=O) groups is 2. The van der Waals surface area contributed by atoms with Gasteiger partial charge in [0.05, 0.1) is 17.0 Å². The van der Waals surface area contributed by atoms with E-state index in [-0.39, 0.29) is 29.5 Å². The van der Waals surface area contributed by atoms with E-state index in [1.807, 2.05) is 4.90 Å². The first-order valence-electron chi connectivity index (χ1n) is 11.9. The third kappa shape index (κ3) is 7.23. The number of halogens is 1. The topological polar surface area (TPSA) is 143 Å². The molecule has 1 saturated heterocycles. The predicted octanol–water partition coefficient (Wildman–Crippen LogP) is 2.25. The maximum Gasteiger partial charge on any atom is 0.327 e. The molecule has 11 nitrogen and oxygen atoms in total. The van der Waals surface area contributed by atoms with E-state index in [2.05, 4.69) is 25.4 Å². The molecular weight excluding hydrogens is 515 g/mol. The van der Waals surface area contributed by atoms with E-state index in [0.717, 1.165) is 18.9 Å². The summed E-state index contributed by atoms with van der Waals surface area (Å²) in [6.07, 6.45) is 4.75. The Labute approximate surface area is 219 Å². The molecule has 2 aromatic carbocycles. The first kappa shape index (κ1) is 26.9. The molecule has 1 aliphatic heterocycles. The summed E-state index contributed by atoms with van der Waals surface area (Å²) in [5.74, 6) is -1.48. The minimum Gasteiger partial charge on any atom is -0.367 e. The third-order valence-electron chi connectivity index (χ3n) is 5.80. The second kappa shape index (κ2) is 12.4. The van der Waals surface area contributed by atoms with E-state index in [4.69, 9.17) is 0 Å². The third-order valence-corrected chi connectivity index (χ3v) is 7.00. The van der Waals surface area contributed by atoms with Crippen LogP contribution in [0.1, 0.15) is 29.6 Å². The number of benzene rings is 2. The Balaban J connectivity index is 1.25. The Kier molecular flexibility index (Phi) is 8.81. The maximum absolute atomic E-state index is 14.9. The number of carbonyl (C=O) groups excluding carboxylic acids is 2. The van der Waals surface area contributed by atoms with Crippen LogP contribution >= 0.6 is 0 Å². The number of hydrogen-bond acceptors (Lipinski definition) is 9. The molecule has 2 heterocycles. The molecule has 38 heavy (non-hydrogen) atoms. The zero-order valence-corrected chi connectivity index (χ0v) is 21.2. The van der Waals surface area contributed by atoms with Gasteiger partial charge in [0.1, 0.15) is 5.82 Å². The molecule has 3 aromatic rings. The Bertz CT molecular complexity index is 1360. The quantitative estimate of drug-likeness (QED) is 0.329. The zero-order chi connectivity index (χ0) is 27.0. The summed E-state index contributed by atoms with van der Waals surface area (Å²) in [5.41, 5.74) is 0.477. The lowest BCUT2D eigenvalue weighted by atomic mass is 10.0. The molecule has 0 radical (unpaired) electrons. The summed E-state index contributed by atoms with van der Waals surface area (Å²) < 4.78 is 39.1. The summed E-state index contributed by atoms with van der Waals surface area (Å²) in [6, 6.07) is 13.4. The lowest BCUT2D eigenvalue weighted by Crippen LogP contribution is -2.42. The zero-order valence-electron chi connectivity index (χ0n) is 20.3. The first-order valence-corrected chi connectivity index (χ1v) is 13.4. The van der Waals surface area contributed by atoms with Crippen LogP contribution in [0.3, 0.4) is 0 Å². The van der Waals surface area contributed by atoms with Gasteiger partial charge in [-0.05, 0) is 54.1 Å². The van der Waals surface area contributed by atoms with Crippen LogP contribution in [0.4, 0.5) is 16.0 Å². The molecule has 0 saturated carbocycles. The number of aromatic nitrogens is 2. The van der Waals surface area contributed by atoms with E-state index in [1.165, 1.54) is 30.3 Å². The molecule has 1 atom stereocenters. The fourth-order valence-corrected chi connectivity index (χ4v) is 4.77. The normalized spacial score (nSPS) is 15.5. The Morgan fingerprint density at radius 1 is 1.08 bits per heavy atom. The number of sulfonamides is 1. The largest absolute Gasteiger partial charge is 0.367 e. The van der Waals surface area contributed by atoms with Gasteiger partial charge in [-0.25, -0.2) is 22.8 Å². The molecule has 1 aromatic heterocycles. The minimum absolute atomic E-state index is 0.0467. The van der Waals surface area contributed by atoms with Crippen LogP contribution in [0, 0.1) is 5.82 Å². The molecule has 200 valence electrons. The van der Waals surface area contributed by atoms with E-state index in [1.54, 1.807) is 35.5 Å². The molecule has 13 heteroatoms. The lowest BCUT2D eigenvalue weighted by molar-refractivity contribution is -0.146. The van der Waals surface area contributed by atoms with Gasteiger partial charge in [-0.1, -0.05) is 18.2 Å². The van der Waals surface area contributed by atoms with Crippen LogP contribution in [0.25, 0.3) is 0 Å². The summed E-state index contributed by atoms with van der Waals surface area (Å²) in [7, 11) is -4.01. The van der Waals surface area contributed by atoms with Crippen molar-refractivity contribution >= 4 is 33.5 Å². The highest BCUT2D eigenvalue weighted by Crippen LogP contribution is 2.25. The fraction of sp³-hybridized carbons (Fsp3) is 0.280. The highest BCUT2D eigenvalue weighted by atomic mass is 32.2. The number of amides is 1. The average molecular weight is 543 g/mol. The monoisotopic (exact) mass is 542 g/mol. The van der Waals surface area contributed by atoms with Crippen molar-refractivity contribution in [3.63, 3.8) is 0 Å². The maximum atomic E-state index is 14.9. The fourth-order valence-electron chi connectivity index (χ4n) is 3.95. The van der Waals surface area contributed by atoms with Gasteiger partial charge in [0.2, 0.25) is 5.95 Å². The highest BCUT2D eigenvalue weighted by molar-refractivity contribution is 7.89. The van der Waals surface area contributed by atoms with Crippen LogP contribution in [0.5, 0.6) is 0 Å². The smallest absolute Gasteiger partial charge is 0.327 e. The molecule has 3 N–H and O–H groups in total. The Hall–Kier alpha value is -4.10. The van der Waals surface area contributed by atoms with E-state index < -0.39 is 27.7 Å². The van der Waals surface area contributed by atoms with Gasteiger partial charge in [0.25, 0.3) is 15.9 Å². The van der Waals surface area contributed by atoms with Gasteiger partial charge in [-0.3, -0.25) is 9.59 Å². The van der Waals surface area contributed by atoms with Crippen molar-refractivity contribution in [2.75, 3.05) is 29.9 Å². The van der Waals surface area contributed by atoms with Crippen LogP contribution in [0.15, 0.2) is 71.9 Å². The van der Waals surface area contributed by atoms with Crippen molar-refractivity contribution in [3.8, 4) is 0 Å². The summed E-state index contributed by atoms with van der Waals surface area (Å²) in [5, 5.41) is 5.76. The highest BCUT2D eigenvalue weighted by Gasteiger charge is 2.23. The van der Waals surface area contributed by atoms with Crippen molar-refractivity contribution in [2.45, 2.75) is 30.2 Å². The van der Waals surface area contributed by atoms with Crippen molar-refractivity contribution in [1.82, 2.24) is 20.2 Å². The summed E-state index contributed by atoms with van der Waals surface area (Å²) in [4.78, 5) is 40.8. The number of anilines is 2. The van der Waals surface area contributed by atoms with Gasteiger partial charge in [0, 0.05) is 43.6 Å². The molecular formula is C25H27FN6O5S. The number of hydrogen-bond donors (Lipinski definition) is 3. The standard InChI is InChI=1S/C25H27FN6O5S/c26-21-16-18(9-10-22(21)32-15-4-6-19(17-32)30-25-28-12-5-13-29-25)24(34)27-14-11-23(33)37-31-38(35,36)20-7-2-1-3-8-20/h1-3,5,7-10,12-13,16,19,31H,4,6,11,14-15,17H2,(H,27,34)(H,28,29,30)/t19-/m0/s1. The van der Waals surface area contributed by atoms with Crippen LogP contribution in [-0.2, 0) is 19.7 Å². The van der Waals surface area contributed by atoms with E-state index in [0.29, 0.717) is 24.7 Å². The molecule has 0 unspecified atom stereocenters. The molecule has 0 bridgehead atoms. The minimum atomic E-state index is -4.01. The molecule has 1 fully saturated rings. The molecule has 1 aliphatic rings. The Morgan fingerprint density at radius 2 is 1.84 bits per heavy atom. The van der Waals surface area contributed by atoms with Crippen molar-refractivity contribution in [3.05, 3.63) is 78.4 Å². The molecule has 1 amide bonds. The summed E-state index contributed by atoms with van der Waals surface area (Å²) in [6.45, 7) is 1.10. The van der Waals surface area contributed by atoms with Crippen LogP contribution in [-0.4, -0.2) is 55.9 Å². The summed E-state index contributed by atoms with van der Waals surface area (Å²) >= 11 is 0. The first-order chi connectivity index (χ1) is 18.3. The number of nitrogens with zero attached hydrogens (tertiary/aromatic N) is 3. The van der Waals surface area contributed by atoms with Gasteiger partial charge >= 0.3 is 5.97 Å². The van der Waals surface area contributed by atoms with Gasteiger partial charge in [-0.15, -0.1) is 0 Å². The number of piperidine rings is 1. The van der Waals surface area contributed by atoms with Crippen LogP contribution < -0.4 is 20.4 Å². The Morgan fingerprint density at radius 3 is 2.58 bits per heavy atom. The van der Waals surface area contributed by atoms with E-state index >= 15 is 0 Å². The molecule has 0 aliphatic carbocycles. The van der Waals surface area contributed by atoms with Crippen molar-refractivity contribution < 1.29 is 27.2 Å². The molecule has 4 rings (SSSR count). The SMILES string of the molecule is O=C(CCNC(=O)c1ccc(N2CCC[C@H](Nc3ncccn3)C2)c(F)c1)ONS(=O)(=O)c1ccccc1. The van der Waals surface area contributed by atoms with Gasteiger partial charge < -0.3 is 20.4 Å². The number of rotatable bonds is 10. The van der Waals surface area contributed by atoms with Gasteiger partial charge in [-0.2, -0.15) is 0 Å². The van der Waals surface area contributed by atoms with Crippen LogP contribution in [0.2, 0.25) is 0 Å². The van der Waals surface area contributed by atoms with Gasteiger partial charge in [0.15, 0.2) is 0 Å². The predicted molar refractivity (Wildman–Crippen MR) is 137 cm³/mol. The number of nitrogens with one attached hydrogen (secondary N) is 3. The second-order valence-electron chi connectivity index (χ2n) is 8.55. The average Bonchev–Trinajstić information content (AvgIpc) is 2.93. The van der Waals surface area contributed by atoms with E-state index in [9.17, 15) is 22.4 Å². The molecule has 0 spiro atoms. The van der Waals surface area contributed by atoms with Crippen molar-refractivity contribution in [2.24, 2.45) is 0 Å². The second-order valence-corrected chi connectivity index (χ2v) is 10.2. The lowest BCUT2D eigenvalue weighted by Gasteiger charge is -2.35.